The Morgan fingerprint density at radius 3 is 2.41 bits per heavy atom. The Hall–Kier alpha value is -0.910. The Kier molecular flexibility index (Phi) is 7.77. The van der Waals surface area contributed by atoms with Crippen LogP contribution in [0.4, 0.5) is 0 Å². The van der Waals surface area contributed by atoms with Crippen molar-refractivity contribution in [3.8, 4) is 0 Å². The molecular formula is C34H57N2O3+. The molecule has 0 amide bonds. The molecule has 10 atom stereocenters. The zero-order valence-electron chi connectivity index (χ0n) is 25.3. The fraction of sp³-hybridized carbons (Fsp3) is 0.912. The van der Waals surface area contributed by atoms with Gasteiger partial charge in [-0.25, -0.2) is 0 Å². The third-order valence-electron chi connectivity index (χ3n) is 13.7. The zero-order valence-corrected chi connectivity index (χ0v) is 25.3. The highest BCUT2D eigenvalue weighted by atomic mass is 16.5. The van der Waals surface area contributed by atoms with Crippen LogP contribution in [-0.4, -0.2) is 77.5 Å². The predicted molar refractivity (Wildman–Crippen MR) is 156 cm³/mol. The van der Waals surface area contributed by atoms with Gasteiger partial charge in [-0.3, -0.25) is 9.69 Å². The lowest BCUT2D eigenvalue weighted by atomic mass is 9.44. The number of aliphatic hydroxyl groups excluding tert-OH is 1. The first-order valence-electron chi connectivity index (χ1n) is 16.8. The molecule has 5 unspecified atom stereocenters. The van der Waals surface area contributed by atoms with Crippen LogP contribution in [0, 0.1) is 34.5 Å². The van der Waals surface area contributed by atoms with E-state index >= 15 is 0 Å². The van der Waals surface area contributed by atoms with Crippen LogP contribution in [0.15, 0.2) is 12.7 Å². The average Bonchev–Trinajstić information content (AvgIpc) is 3.22. The summed E-state index contributed by atoms with van der Waals surface area (Å²) in [5.41, 5.74) is 0.393. The third kappa shape index (κ3) is 4.65. The minimum atomic E-state index is -0.154. The number of aliphatic hydroxyl groups is 1. The summed E-state index contributed by atoms with van der Waals surface area (Å²) in [6, 6.07) is 0.749. The maximum Gasteiger partial charge on any atom is 0.303 e. The van der Waals surface area contributed by atoms with E-state index in [1.54, 1.807) is 6.92 Å². The molecule has 0 aromatic carbocycles. The minimum Gasteiger partial charge on any atom is -0.456 e. The molecule has 39 heavy (non-hydrogen) atoms. The molecule has 5 heteroatoms. The van der Waals surface area contributed by atoms with E-state index < -0.39 is 0 Å². The van der Waals surface area contributed by atoms with Crippen molar-refractivity contribution in [3.63, 3.8) is 0 Å². The number of esters is 1. The Bertz CT molecular complexity index is 910. The average molecular weight is 542 g/mol. The molecule has 0 radical (unpaired) electrons. The van der Waals surface area contributed by atoms with Gasteiger partial charge in [0.05, 0.1) is 25.7 Å². The number of hydrogen-bond donors (Lipinski definition) is 1. The molecule has 0 aromatic rings. The molecule has 0 aromatic heterocycles. The van der Waals surface area contributed by atoms with Crippen LogP contribution in [0.5, 0.6) is 0 Å². The molecule has 6 fully saturated rings. The largest absolute Gasteiger partial charge is 0.456 e. The van der Waals surface area contributed by atoms with Gasteiger partial charge in [-0.05, 0) is 119 Å². The van der Waals surface area contributed by atoms with Crippen LogP contribution in [0.25, 0.3) is 0 Å². The van der Waals surface area contributed by atoms with Gasteiger partial charge in [0, 0.05) is 24.8 Å². The molecule has 2 heterocycles. The predicted octanol–water partition coefficient (Wildman–Crippen LogP) is 5.95. The van der Waals surface area contributed by atoms with Crippen LogP contribution < -0.4 is 0 Å². The first-order chi connectivity index (χ1) is 18.7. The molecule has 4 saturated carbocycles. The molecule has 6 aliphatic rings. The standard InChI is InChI=1S/C34H57N2O3/c1-5-18-36(19-10-7-11-20-36)30-22-28-26-13-12-25-21-31(38)29(35-16-8-6-9-17-35)23-34(25,4)27(26)14-15-33(28,3)32(30)39-24(2)37/h5,25-32,38H,1,6-23H2,2-4H3/q+1/t25?,26-,27-,28+,29?,30?,31?,32?,33+,34+/m1/s1. The van der Waals surface area contributed by atoms with Crippen molar-refractivity contribution in [2.45, 2.75) is 129 Å². The molecule has 6 rings (SSSR count). The molecule has 0 spiro atoms. The van der Waals surface area contributed by atoms with Crippen LogP contribution in [0.1, 0.15) is 104 Å². The van der Waals surface area contributed by atoms with Crippen molar-refractivity contribution in [2.24, 2.45) is 34.5 Å². The quantitative estimate of drug-likeness (QED) is 0.265. The van der Waals surface area contributed by atoms with Crippen molar-refractivity contribution in [2.75, 3.05) is 32.7 Å². The minimum absolute atomic E-state index is 0.0267. The van der Waals surface area contributed by atoms with E-state index in [-0.39, 0.29) is 23.6 Å². The van der Waals surface area contributed by atoms with Gasteiger partial charge in [0.15, 0.2) is 6.10 Å². The number of quaternary nitrogens is 1. The fourth-order valence-electron chi connectivity index (χ4n) is 11.8. The van der Waals surface area contributed by atoms with Crippen molar-refractivity contribution in [3.05, 3.63) is 12.7 Å². The van der Waals surface area contributed by atoms with Gasteiger partial charge in [-0.15, -0.1) is 0 Å². The van der Waals surface area contributed by atoms with E-state index in [4.69, 9.17) is 4.74 Å². The van der Waals surface area contributed by atoms with Crippen molar-refractivity contribution < 1.29 is 19.1 Å². The molecule has 4 aliphatic carbocycles. The SMILES string of the molecule is C=CC[N+]1(C2C[C@H]3[C@@H]4CCC5CC(O)C(N6CCCCC6)C[C@]5(C)[C@@H]4CC[C@]3(C)C2OC(C)=O)CCCCC1. The first-order valence-corrected chi connectivity index (χ1v) is 16.8. The van der Waals surface area contributed by atoms with E-state index in [0.29, 0.717) is 29.3 Å². The van der Waals surface area contributed by atoms with Crippen molar-refractivity contribution in [1.29, 1.82) is 0 Å². The Morgan fingerprint density at radius 1 is 1.00 bits per heavy atom. The van der Waals surface area contributed by atoms with Gasteiger partial charge < -0.3 is 14.3 Å². The highest BCUT2D eigenvalue weighted by molar-refractivity contribution is 5.66. The van der Waals surface area contributed by atoms with Crippen LogP contribution in [0.2, 0.25) is 0 Å². The second-order valence-corrected chi connectivity index (χ2v) is 15.4. The Labute approximate surface area is 238 Å². The smallest absolute Gasteiger partial charge is 0.303 e. The number of hydrogen-bond acceptors (Lipinski definition) is 4. The summed E-state index contributed by atoms with van der Waals surface area (Å²) in [5, 5.41) is 11.3. The molecule has 0 bridgehead atoms. The molecule has 220 valence electrons. The van der Waals surface area contributed by atoms with Crippen molar-refractivity contribution >= 4 is 5.97 Å². The summed E-state index contributed by atoms with van der Waals surface area (Å²) < 4.78 is 7.51. The number of carbonyl (C=O) groups is 1. The number of nitrogens with zero attached hydrogens (tertiary/aromatic N) is 2. The van der Waals surface area contributed by atoms with E-state index in [2.05, 4.69) is 31.4 Å². The van der Waals surface area contributed by atoms with Gasteiger partial charge in [0.2, 0.25) is 0 Å². The van der Waals surface area contributed by atoms with Gasteiger partial charge in [0.1, 0.15) is 6.04 Å². The second kappa shape index (κ2) is 10.7. The number of likely N-dealkylation sites (tertiary alicyclic amines) is 2. The van der Waals surface area contributed by atoms with Crippen molar-refractivity contribution in [1.82, 2.24) is 4.90 Å². The summed E-state index contributed by atoms with van der Waals surface area (Å²) in [6.45, 7) is 16.7. The number of fused-ring (bicyclic) bond motifs is 5. The van der Waals surface area contributed by atoms with Crippen LogP contribution in [-0.2, 0) is 9.53 Å². The Morgan fingerprint density at radius 2 is 1.72 bits per heavy atom. The van der Waals surface area contributed by atoms with Crippen LogP contribution in [0.3, 0.4) is 0 Å². The molecule has 1 N–H and O–H groups in total. The Balaban J connectivity index is 1.30. The molecule has 2 aliphatic heterocycles. The van der Waals surface area contributed by atoms with Gasteiger partial charge >= 0.3 is 5.97 Å². The van der Waals surface area contributed by atoms with E-state index in [1.807, 2.05) is 0 Å². The third-order valence-corrected chi connectivity index (χ3v) is 13.7. The monoisotopic (exact) mass is 541 g/mol. The number of ether oxygens (including phenoxy) is 1. The van der Waals surface area contributed by atoms with Crippen LogP contribution >= 0.6 is 0 Å². The van der Waals surface area contributed by atoms with Gasteiger partial charge in [0.25, 0.3) is 0 Å². The lowest BCUT2D eigenvalue weighted by Crippen LogP contribution is -2.62. The molecule has 5 nitrogen and oxygen atoms in total. The van der Waals surface area contributed by atoms with E-state index in [1.165, 1.54) is 103 Å². The molecule has 2 saturated heterocycles. The van der Waals surface area contributed by atoms with Gasteiger partial charge in [-0.1, -0.05) is 26.8 Å². The lowest BCUT2D eigenvalue weighted by molar-refractivity contribution is -0.952. The number of rotatable bonds is 5. The summed E-state index contributed by atoms with van der Waals surface area (Å²) in [6.07, 6.45) is 18.2. The zero-order chi connectivity index (χ0) is 27.4. The lowest BCUT2D eigenvalue weighted by Gasteiger charge is -2.62. The number of piperidine rings is 2. The normalized spacial score (nSPS) is 47.9. The fourth-order valence-corrected chi connectivity index (χ4v) is 11.8. The van der Waals surface area contributed by atoms with E-state index in [9.17, 15) is 9.90 Å². The summed E-state index contributed by atoms with van der Waals surface area (Å²) >= 11 is 0. The summed E-state index contributed by atoms with van der Waals surface area (Å²) in [4.78, 5) is 15.2. The summed E-state index contributed by atoms with van der Waals surface area (Å²) in [5.74, 6) is 2.65. The summed E-state index contributed by atoms with van der Waals surface area (Å²) in [7, 11) is 0. The van der Waals surface area contributed by atoms with E-state index in [0.717, 1.165) is 29.3 Å². The highest BCUT2D eigenvalue weighted by Crippen LogP contribution is 2.67. The topological polar surface area (TPSA) is 49.8 Å². The van der Waals surface area contributed by atoms with Gasteiger partial charge in [-0.2, -0.15) is 0 Å². The first kappa shape index (κ1) is 28.2. The highest BCUT2D eigenvalue weighted by Gasteiger charge is 2.67. The maximum absolute atomic E-state index is 12.6. The number of carbonyl (C=O) groups excluding carboxylic acids is 1. The maximum atomic E-state index is 12.6. The molecular weight excluding hydrogens is 484 g/mol. The second-order valence-electron chi connectivity index (χ2n) is 15.4.